The van der Waals surface area contributed by atoms with Crippen molar-refractivity contribution in [2.45, 2.75) is 104 Å². The fourth-order valence-corrected chi connectivity index (χ4v) is 3.85. The molecule has 1 fully saturated rings. The number of halogens is 3. The molecule has 1 atom stereocenters. The first-order valence-electron chi connectivity index (χ1n) is 11.8. The minimum absolute atomic E-state index is 0.145. The largest absolute Gasteiger partial charge is 0.494 e. The molecule has 10 heteroatoms. The maximum atomic E-state index is 14.0. The van der Waals surface area contributed by atoms with Crippen LogP contribution in [0.1, 0.15) is 81.2 Å². The molecule has 0 unspecified atom stereocenters. The first-order valence-corrected chi connectivity index (χ1v) is 11.8. The maximum Gasteiger partial charge on any atom is 0.494 e. The molecular weight excluding hydrogens is 462 g/mol. The van der Waals surface area contributed by atoms with E-state index in [0.717, 1.165) is 6.07 Å². The van der Waals surface area contributed by atoms with Crippen LogP contribution >= 0.6 is 0 Å². The molecule has 0 aliphatic carbocycles. The van der Waals surface area contributed by atoms with Gasteiger partial charge in [0.15, 0.2) is 0 Å². The lowest BCUT2D eigenvalue weighted by atomic mass is 9.78. The van der Waals surface area contributed by atoms with E-state index >= 15 is 0 Å². The Morgan fingerprint density at radius 2 is 1.60 bits per heavy atom. The monoisotopic (exact) mass is 501 g/mol. The summed E-state index contributed by atoms with van der Waals surface area (Å²) in [4.78, 5) is 12.4. The average molecular weight is 501 g/mol. The second-order valence-electron chi connectivity index (χ2n) is 11.9. The smallest absolute Gasteiger partial charge is 0.491 e. The lowest BCUT2D eigenvalue weighted by molar-refractivity contribution is -0.139. The van der Waals surface area contributed by atoms with E-state index < -0.39 is 47.3 Å². The summed E-state index contributed by atoms with van der Waals surface area (Å²) in [7, 11) is -0.935. The van der Waals surface area contributed by atoms with E-state index in [1.807, 2.05) is 41.5 Å². The van der Waals surface area contributed by atoms with Crippen LogP contribution in [0, 0.1) is 5.92 Å². The highest BCUT2D eigenvalue weighted by Crippen LogP contribution is 2.39. The van der Waals surface area contributed by atoms with Crippen LogP contribution in [0.3, 0.4) is 0 Å². The number of amides is 1. The molecular formula is C25H39BF3NO5. The molecule has 1 saturated heterocycles. The van der Waals surface area contributed by atoms with Crippen LogP contribution < -0.4 is 15.5 Å². The van der Waals surface area contributed by atoms with Crippen molar-refractivity contribution in [1.82, 2.24) is 5.32 Å². The van der Waals surface area contributed by atoms with Crippen molar-refractivity contribution in [3.63, 3.8) is 0 Å². The molecule has 6 nitrogen and oxygen atoms in total. The third kappa shape index (κ3) is 7.77. The molecule has 0 spiro atoms. The normalized spacial score (nSPS) is 19.4. The Bertz CT molecular complexity index is 895. The molecule has 0 aromatic heterocycles. The zero-order valence-corrected chi connectivity index (χ0v) is 22.5. The fraction of sp³-hybridized carbons (Fsp3) is 0.720. The van der Waals surface area contributed by atoms with E-state index in [9.17, 15) is 18.0 Å². The van der Waals surface area contributed by atoms with Gasteiger partial charge in [-0.2, -0.15) is 13.2 Å². The third-order valence-electron chi connectivity index (χ3n) is 6.04. The number of alkyl halides is 3. The standard InChI is InChI=1S/C25H39BF3NO5/c1-16(2)14-24(10,30-20(31)33-21(3,4)5)15-32-19-12-11-17(13-18(19)25(27,28)29)26-34-22(6,7)23(8,9)35-26/h11-13,16H,14-15H2,1-10H3,(H,30,31)/t24-/m0/s1. The van der Waals surface area contributed by atoms with Crippen LogP contribution in [-0.2, 0) is 20.2 Å². The van der Waals surface area contributed by atoms with Crippen molar-refractivity contribution in [2.75, 3.05) is 6.61 Å². The van der Waals surface area contributed by atoms with Crippen LogP contribution in [0.5, 0.6) is 5.75 Å². The highest BCUT2D eigenvalue weighted by molar-refractivity contribution is 6.62. The van der Waals surface area contributed by atoms with Crippen molar-refractivity contribution in [3.05, 3.63) is 23.8 Å². The van der Waals surface area contributed by atoms with E-state index in [2.05, 4.69) is 5.32 Å². The summed E-state index contributed by atoms with van der Waals surface area (Å²) < 4.78 is 64.8. The number of hydrogen-bond acceptors (Lipinski definition) is 5. The predicted molar refractivity (Wildman–Crippen MR) is 130 cm³/mol. The molecule has 198 valence electrons. The molecule has 0 radical (unpaired) electrons. The number of ether oxygens (including phenoxy) is 2. The third-order valence-corrected chi connectivity index (χ3v) is 6.04. The quantitative estimate of drug-likeness (QED) is 0.485. The Kier molecular flexibility index (Phi) is 8.24. The van der Waals surface area contributed by atoms with Gasteiger partial charge >= 0.3 is 19.4 Å². The molecule has 1 aromatic rings. The van der Waals surface area contributed by atoms with Gasteiger partial charge in [0.05, 0.1) is 22.3 Å². The van der Waals surface area contributed by atoms with E-state index in [0.29, 0.717) is 6.42 Å². The van der Waals surface area contributed by atoms with E-state index in [4.69, 9.17) is 18.8 Å². The van der Waals surface area contributed by atoms with Crippen LogP contribution in [0.15, 0.2) is 18.2 Å². The van der Waals surface area contributed by atoms with Gasteiger partial charge in [-0.25, -0.2) is 4.79 Å². The summed E-state index contributed by atoms with van der Waals surface area (Å²) in [6.45, 7) is 18.0. The minimum atomic E-state index is -4.66. The van der Waals surface area contributed by atoms with Crippen molar-refractivity contribution in [1.29, 1.82) is 0 Å². The molecule has 1 aliphatic heterocycles. The molecule has 1 aliphatic rings. The van der Waals surface area contributed by atoms with Crippen molar-refractivity contribution in [3.8, 4) is 5.75 Å². The van der Waals surface area contributed by atoms with E-state index in [1.165, 1.54) is 12.1 Å². The summed E-state index contributed by atoms with van der Waals surface area (Å²) in [5.74, 6) is -0.190. The Balaban J connectivity index is 2.29. The molecule has 1 aromatic carbocycles. The number of rotatable bonds is 7. The number of hydrogen-bond donors (Lipinski definition) is 1. The van der Waals surface area contributed by atoms with Crippen molar-refractivity contribution >= 4 is 18.7 Å². The lowest BCUT2D eigenvalue weighted by Crippen LogP contribution is -2.52. The fourth-order valence-electron chi connectivity index (χ4n) is 3.85. The van der Waals surface area contributed by atoms with Gasteiger partial charge in [0.2, 0.25) is 0 Å². The summed E-state index contributed by atoms with van der Waals surface area (Å²) >= 11 is 0. The van der Waals surface area contributed by atoms with Crippen LogP contribution in [-0.4, -0.2) is 42.2 Å². The molecule has 2 rings (SSSR count). The van der Waals surface area contributed by atoms with Gasteiger partial charge in [0.1, 0.15) is 18.0 Å². The van der Waals surface area contributed by atoms with Crippen LogP contribution in [0.2, 0.25) is 0 Å². The van der Waals surface area contributed by atoms with Crippen molar-refractivity contribution in [2.24, 2.45) is 5.92 Å². The van der Waals surface area contributed by atoms with Gasteiger partial charge in [-0.15, -0.1) is 0 Å². The maximum absolute atomic E-state index is 14.0. The molecule has 0 saturated carbocycles. The summed E-state index contributed by atoms with van der Waals surface area (Å²) in [5.41, 5.74) is -3.72. The Hall–Kier alpha value is -1.94. The number of carbonyl (C=O) groups excluding carboxylic acids is 1. The number of benzene rings is 1. The van der Waals surface area contributed by atoms with E-state index in [1.54, 1.807) is 27.7 Å². The van der Waals surface area contributed by atoms with Gasteiger partial charge in [0.25, 0.3) is 0 Å². The summed E-state index contributed by atoms with van der Waals surface area (Å²) in [5, 5.41) is 2.78. The predicted octanol–water partition coefficient (Wildman–Crippen LogP) is 5.71. The second kappa shape index (κ2) is 9.84. The minimum Gasteiger partial charge on any atom is -0.491 e. The number of nitrogens with one attached hydrogen (secondary N) is 1. The zero-order valence-electron chi connectivity index (χ0n) is 22.5. The molecule has 0 bridgehead atoms. The lowest BCUT2D eigenvalue weighted by Gasteiger charge is -2.33. The van der Waals surface area contributed by atoms with E-state index in [-0.39, 0.29) is 23.7 Å². The Morgan fingerprint density at radius 1 is 1.06 bits per heavy atom. The van der Waals surface area contributed by atoms with Crippen LogP contribution in [0.25, 0.3) is 0 Å². The number of alkyl carbamates (subject to hydrolysis) is 1. The van der Waals surface area contributed by atoms with Crippen LogP contribution in [0.4, 0.5) is 18.0 Å². The van der Waals surface area contributed by atoms with Gasteiger partial charge in [-0.3, -0.25) is 0 Å². The first kappa shape index (κ1) is 29.3. The second-order valence-corrected chi connectivity index (χ2v) is 11.9. The first-order chi connectivity index (χ1) is 15.6. The Morgan fingerprint density at radius 3 is 2.06 bits per heavy atom. The molecule has 35 heavy (non-hydrogen) atoms. The Labute approximate surface area is 207 Å². The molecule has 1 amide bonds. The van der Waals surface area contributed by atoms with Gasteiger partial charge in [-0.1, -0.05) is 19.9 Å². The highest BCUT2D eigenvalue weighted by atomic mass is 19.4. The van der Waals surface area contributed by atoms with Crippen molar-refractivity contribution < 1.29 is 36.7 Å². The number of carbonyl (C=O) groups is 1. The SMILES string of the molecule is CC(C)C[C@@](C)(COc1ccc(B2OC(C)(C)C(C)(C)O2)cc1C(F)(F)F)NC(=O)OC(C)(C)C. The summed E-state index contributed by atoms with van der Waals surface area (Å²) in [6.07, 6.45) is -4.85. The average Bonchev–Trinajstić information content (AvgIpc) is 2.84. The van der Waals surface area contributed by atoms with Gasteiger partial charge in [-0.05, 0) is 85.3 Å². The molecule has 1 N–H and O–H groups in total. The van der Waals surface area contributed by atoms with Gasteiger partial charge in [0, 0.05) is 0 Å². The topological polar surface area (TPSA) is 66.0 Å². The zero-order chi connectivity index (χ0) is 27.0. The highest BCUT2D eigenvalue weighted by Gasteiger charge is 2.52. The molecule has 1 heterocycles. The van der Waals surface area contributed by atoms with Gasteiger partial charge < -0.3 is 24.1 Å². The summed E-state index contributed by atoms with van der Waals surface area (Å²) in [6, 6.07) is 3.78.